The van der Waals surface area contributed by atoms with Crippen molar-refractivity contribution >= 4 is 5.97 Å². The summed E-state index contributed by atoms with van der Waals surface area (Å²) in [5.74, 6) is -0.816. The van der Waals surface area contributed by atoms with Crippen molar-refractivity contribution < 1.29 is 9.90 Å². The molecule has 1 aromatic heterocycles. The van der Waals surface area contributed by atoms with E-state index in [1.54, 1.807) is 0 Å². The average Bonchev–Trinajstić information content (AvgIpc) is 2.01. The van der Waals surface area contributed by atoms with Crippen LogP contribution in [-0.2, 0) is 5.41 Å². The molecule has 1 heterocycles. The van der Waals surface area contributed by atoms with Crippen molar-refractivity contribution in [3.8, 4) is 0 Å². The van der Waals surface area contributed by atoms with Crippen LogP contribution in [-0.4, -0.2) is 21.0 Å². The van der Waals surface area contributed by atoms with Crippen LogP contribution >= 0.6 is 0 Å². The second-order valence-electron chi connectivity index (χ2n) is 4.03. The van der Waals surface area contributed by atoms with Gasteiger partial charge in [0.05, 0.1) is 0 Å². The number of nitrogens with one attached hydrogen (secondary N) is 1. The molecule has 1 rings (SSSR count). The number of carbonyl (C=O) groups is 1. The fourth-order valence-corrected chi connectivity index (χ4v) is 0.922. The van der Waals surface area contributed by atoms with E-state index in [4.69, 9.17) is 5.11 Å². The molecule has 76 valence electrons. The van der Waals surface area contributed by atoms with Crippen LogP contribution in [0.2, 0.25) is 0 Å². The van der Waals surface area contributed by atoms with Gasteiger partial charge in [0.1, 0.15) is 5.82 Å². The van der Waals surface area contributed by atoms with E-state index in [1.165, 1.54) is 0 Å². The Morgan fingerprint density at radius 1 is 1.50 bits per heavy atom. The number of hydrogen-bond donors (Lipinski definition) is 2. The highest BCUT2D eigenvalue weighted by Gasteiger charge is 2.19. The van der Waals surface area contributed by atoms with E-state index in [-0.39, 0.29) is 11.1 Å². The summed E-state index contributed by atoms with van der Waals surface area (Å²) in [6, 6.07) is 0.970. The highest BCUT2D eigenvalue weighted by atomic mass is 16.4. The lowest BCUT2D eigenvalue weighted by molar-refractivity contribution is 0.0689. The molecule has 14 heavy (non-hydrogen) atoms. The molecule has 0 fully saturated rings. The Balaban J connectivity index is 3.35. The van der Waals surface area contributed by atoms with E-state index in [0.29, 0.717) is 5.82 Å². The third kappa shape index (κ3) is 2.18. The molecule has 0 aliphatic heterocycles. The fraction of sp³-hybridized carbons (Fsp3) is 0.444. The molecule has 5 nitrogen and oxygen atoms in total. The van der Waals surface area contributed by atoms with Gasteiger partial charge in [0.15, 0.2) is 5.69 Å². The van der Waals surface area contributed by atoms with E-state index in [1.807, 2.05) is 20.8 Å². The standard InChI is InChI=1S/C9H12N2O3/c1-9(2,3)8-10-5(7(13)14)4-6(12)11-8/h4H,1-3H3,(H,13,14)(H,10,11,12). The van der Waals surface area contributed by atoms with Gasteiger partial charge in [-0.25, -0.2) is 9.78 Å². The lowest BCUT2D eigenvalue weighted by Crippen LogP contribution is -2.24. The van der Waals surface area contributed by atoms with E-state index in [9.17, 15) is 9.59 Å². The maximum absolute atomic E-state index is 11.1. The van der Waals surface area contributed by atoms with Crippen LogP contribution in [0.4, 0.5) is 0 Å². The Morgan fingerprint density at radius 2 is 2.07 bits per heavy atom. The number of rotatable bonds is 1. The smallest absolute Gasteiger partial charge is 0.354 e. The minimum atomic E-state index is -1.19. The first-order chi connectivity index (χ1) is 6.30. The van der Waals surface area contributed by atoms with Crippen molar-refractivity contribution in [2.45, 2.75) is 26.2 Å². The molecule has 0 bridgehead atoms. The number of carboxylic acids is 1. The predicted octanol–water partition coefficient (Wildman–Crippen LogP) is 0.766. The van der Waals surface area contributed by atoms with Crippen molar-refractivity contribution in [3.05, 3.63) is 27.9 Å². The van der Waals surface area contributed by atoms with Crippen molar-refractivity contribution in [1.29, 1.82) is 0 Å². The molecule has 1 aromatic rings. The van der Waals surface area contributed by atoms with Crippen molar-refractivity contribution in [3.63, 3.8) is 0 Å². The van der Waals surface area contributed by atoms with Gasteiger partial charge in [-0.2, -0.15) is 0 Å². The van der Waals surface area contributed by atoms with Crippen LogP contribution in [0.25, 0.3) is 0 Å². The van der Waals surface area contributed by atoms with Gasteiger partial charge in [-0.1, -0.05) is 20.8 Å². The topological polar surface area (TPSA) is 83.0 Å². The second kappa shape index (κ2) is 3.25. The number of aromatic nitrogens is 2. The summed E-state index contributed by atoms with van der Waals surface area (Å²) in [6.45, 7) is 5.53. The Kier molecular flexibility index (Phi) is 2.42. The zero-order valence-corrected chi connectivity index (χ0v) is 8.29. The Bertz CT molecular complexity index is 415. The first-order valence-corrected chi connectivity index (χ1v) is 4.16. The van der Waals surface area contributed by atoms with Gasteiger partial charge in [-0.05, 0) is 0 Å². The first kappa shape index (κ1) is 10.4. The summed E-state index contributed by atoms with van der Waals surface area (Å²) >= 11 is 0. The highest BCUT2D eigenvalue weighted by molar-refractivity contribution is 5.85. The maximum atomic E-state index is 11.1. The molecule has 5 heteroatoms. The molecule has 0 aliphatic rings. The van der Waals surface area contributed by atoms with Gasteiger partial charge < -0.3 is 10.1 Å². The number of aromatic amines is 1. The van der Waals surface area contributed by atoms with Crippen LogP contribution in [0.1, 0.15) is 37.1 Å². The summed E-state index contributed by atoms with van der Waals surface area (Å²) < 4.78 is 0. The van der Waals surface area contributed by atoms with Crippen LogP contribution in [0.5, 0.6) is 0 Å². The normalized spacial score (nSPS) is 11.4. The fourth-order valence-electron chi connectivity index (χ4n) is 0.922. The lowest BCUT2D eigenvalue weighted by Gasteiger charge is -2.16. The van der Waals surface area contributed by atoms with Gasteiger partial charge in [-0.15, -0.1) is 0 Å². The Hall–Kier alpha value is -1.65. The SMILES string of the molecule is CC(C)(C)c1nc(C(=O)O)cc(=O)[nH]1. The minimum absolute atomic E-state index is 0.223. The van der Waals surface area contributed by atoms with E-state index >= 15 is 0 Å². The largest absolute Gasteiger partial charge is 0.477 e. The van der Waals surface area contributed by atoms with Gasteiger partial charge in [0.25, 0.3) is 5.56 Å². The van der Waals surface area contributed by atoms with Gasteiger partial charge >= 0.3 is 5.97 Å². The van der Waals surface area contributed by atoms with E-state index in [0.717, 1.165) is 6.07 Å². The van der Waals surface area contributed by atoms with Crippen LogP contribution < -0.4 is 5.56 Å². The maximum Gasteiger partial charge on any atom is 0.354 e. The molecule has 0 radical (unpaired) electrons. The first-order valence-electron chi connectivity index (χ1n) is 4.16. The number of H-pyrrole nitrogens is 1. The summed E-state index contributed by atoms with van der Waals surface area (Å²) in [5.41, 5.74) is -1.04. The van der Waals surface area contributed by atoms with Gasteiger partial charge in [-0.3, -0.25) is 4.79 Å². The molecule has 0 aliphatic carbocycles. The Labute approximate surface area is 80.8 Å². The lowest BCUT2D eigenvalue weighted by atomic mass is 9.95. The predicted molar refractivity (Wildman–Crippen MR) is 50.5 cm³/mol. The summed E-state index contributed by atoms with van der Waals surface area (Å²) in [6.07, 6.45) is 0. The van der Waals surface area contributed by atoms with Crippen LogP contribution in [0, 0.1) is 0 Å². The molecule has 0 saturated heterocycles. The number of aromatic carboxylic acids is 1. The molecule has 0 unspecified atom stereocenters. The molecule has 2 N–H and O–H groups in total. The number of carboxylic acid groups (broad SMARTS) is 1. The van der Waals surface area contributed by atoms with Gasteiger partial charge in [0, 0.05) is 11.5 Å². The molecular weight excluding hydrogens is 184 g/mol. The summed E-state index contributed by atoms with van der Waals surface area (Å²) in [4.78, 5) is 28.1. The zero-order chi connectivity index (χ0) is 10.9. The molecule has 0 amide bonds. The van der Waals surface area contributed by atoms with Crippen LogP contribution in [0.3, 0.4) is 0 Å². The molecule has 0 saturated carbocycles. The van der Waals surface area contributed by atoms with Gasteiger partial charge in [0.2, 0.25) is 0 Å². The van der Waals surface area contributed by atoms with Crippen LogP contribution in [0.15, 0.2) is 10.9 Å². The third-order valence-corrected chi connectivity index (χ3v) is 1.67. The third-order valence-electron chi connectivity index (χ3n) is 1.67. The van der Waals surface area contributed by atoms with E-state index in [2.05, 4.69) is 9.97 Å². The quantitative estimate of drug-likeness (QED) is 0.694. The molecule has 0 aromatic carbocycles. The van der Waals surface area contributed by atoms with Crippen molar-refractivity contribution in [1.82, 2.24) is 9.97 Å². The monoisotopic (exact) mass is 196 g/mol. The van der Waals surface area contributed by atoms with E-state index < -0.39 is 11.5 Å². The highest BCUT2D eigenvalue weighted by Crippen LogP contribution is 2.16. The minimum Gasteiger partial charge on any atom is -0.477 e. The second-order valence-corrected chi connectivity index (χ2v) is 4.03. The molecule has 0 spiro atoms. The molecule has 0 atom stereocenters. The molecular formula is C9H12N2O3. The average molecular weight is 196 g/mol. The van der Waals surface area contributed by atoms with Crippen molar-refractivity contribution in [2.75, 3.05) is 0 Å². The summed E-state index contributed by atoms with van der Waals surface area (Å²) in [7, 11) is 0. The number of hydrogen-bond acceptors (Lipinski definition) is 3. The zero-order valence-electron chi connectivity index (χ0n) is 8.29. The van der Waals surface area contributed by atoms with Crippen molar-refractivity contribution in [2.24, 2.45) is 0 Å². The Morgan fingerprint density at radius 3 is 2.50 bits per heavy atom. The summed E-state index contributed by atoms with van der Waals surface area (Å²) in [5, 5.41) is 8.68. The number of nitrogens with zero attached hydrogens (tertiary/aromatic N) is 1.